The van der Waals surface area contributed by atoms with Crippen LogP contribution in [0.4, 0.5) is 4.39 Å². The van der Waals surface area contributed by atoms with Gasteiger partial charge in [0.1, 0.15) is 23.4 Å². The molecule has 1 aliphatic rings. The molecule has 1 fully saturated rings. The molecular formula is C28H26FN3O4. The van der Waals surface area contributed by atoms with Crippen LogP contribution in [0.15, 0.2) is 71.5 Å². The van der Waals surface area contributed by atoms with Gasteiger partial charge in [-0.25, -0.2) is 9.49 Å². The van der Waals surface area contributed by atoms with E-state index in [1.807, 2.05) is 36.4 Å². The summed E-state index contributed by atoms with van der Waals surface area (Å²) in [7, 11) is 1.61. The van der Waals surface area contributed by atoms with Crippen molar-refractivity contribution in [1.82, 2.24) is 15.1 Å². The van der Waals surface area contributed by atoms with Gasteiger partial charge in [-0.2, -0.15) is 5.10 Å². The van der Waals surface area contributed by atoms with Gasteiger partial charge in [-0.3, -0.25) is 9.59 Å². The maximum atomic E-state index is 14.7. The molecule has 0 saturated carbocycles. The minimum Gasteiger partial charge on any atom is -0.497 e. The lowest BCUT2D eigenvalue weighted by Crippen LogP contribution is -2.42. The molecule has 1 aliphatic heterocycles. The fraction of sp³-hybridized carbons (Fsp3) is 0.250. The molecule has 7 nitrogen and oxygen atoms in total. The van der Waals surface area contributed by atoms with Crippen LogP contribution in [-0.4, -0.2) is 47.3 Å². The third kappa shape index (κ3) is 4.93. The van der Waals surface area contributed by atoms with E-state index in [-0.39, 0.29) is 23.1 Å². The molecular weight excluding hydrogens is 461 g/mol. The number of nitrogens with zero attached hydrogens (tertiary/aromatic N) is 2. The van der Waals surface area contributed by atoms with Crippen molar-refractivity contribution in [3.63, 3.8) is 0 Å². The summed E-state index contributed by atoms with van der Waals surface area (Å²) in [5, 5.41) is 7.99. The third-order valence-electron chi connectivity index (χ3n) is 6.50. The molecule has 8 heteroatoms. The van der Waals surface area contributed by atoms with E-state index in [1.54, 1.807) is 36.3 Å². The number of halogens is 1. The summed E-state index contributed by atoms with van der Waals surface area (Å²) < 4.78 is 25.9. The molecule has 184 valence electrons. The highest BCUT2D eigenvalue weighted by Gasteiger charge is 2.26. The quantitative estimate of drug-likeness (QED) is 0.437. The van der Waals surface area contributed by atoms with Crippen LogP contribution >= 0.6 is 0 Å². The molecule has 0 atom stereocenters. The molecule has 0 spiro atoms. The van der Waals surface area contributed by atoms with Gasteiger partial charge in [0.25, 0.3) is 11.5 Å². The second kappa shape index (κ2) is 10.2. The monoisotopic (exact) mass is 487 g/mol. The number of ether oxygens (including phenoxy) is 2. The number of hydrogen-bond acceptors (Lipinski definition) is 5. The number of fused-ring (bicyclic) bond motifs is 1. The van der Waals surface area contributed by atoms with Gasteiger partial charge in [-0.15, -0.1) is 0 Å². The fourth-order valence-electron chi connectivity index (χ4n) is 4.54. The summed E-state index contributed by atoms with van der Waals surface area (Å²) in [6, 6.07) is 19.1. The van der Waals surface area contributed by atoms with Gasteiger partial charge in [0.05, 0.1) is 23.8 Å². The van der Waals surface area contributed by atoms with Crippen molar-refractivity contribution in [1.29, 1.82) is 0 Å². The van der Waals surface area contributed by atoms with Crippen molar-refractivity contribution in [2.24, 2.45) is 0 Å². The predicted molar refractivity (Wildman–Crippen MR) is 134 cm³/mol. The summed E-state index contributed by atoms with van der Waals surface area (Å²) in [6.07, 6.45) is 1.66. The number of piperidine rings is 1. The molecule has 0 aliphatic carbocycles. The highest BCUT2D eigenvalue weighted by atomic mass is 19.1. The molecule has 5 rings (SSSR count). The number of hydrogen-bond donors (Lipinski definition) is 1. The molecule has 4 aromatic rings. The van der Waals surface area contributed by atoms with Gasteiger partial charge < -0.3 is 14.4 Å². The van der Waals surface area contributed by atoms with Crippen molar-refractivity contribution < 1.29 is 18.7 Å². The number of aromatic nitrogens is 2. The topological polar surface area (TPSA) is 84.5 Å². The Kier molecular flexibility index (Phi) is 6.66. The number of methoxy groups -OCH3 is 1. The number of aromatic amines is 1. The molecule has 2 heterocycles. The number of nitrogens with one attached hydrogen (secondary N) is 1. The Morgan fingerprint density at radius 3 is 2.44 bits per heavy atom. The van der Waals surface area contributed by atoms with Crippen LogP contribution in [-0.2, 0) is 6.42 Å². The smallest absolute Gasteiger partial charge is 0.272 e. The number of carbonyl (C=O) groups is 1. The second-order valence-electron chi connectivity index (χ2n) is 8.82. The van der Waals surface area contributed by atoms with Crippen LogP contribution in [0, 0.1) is 5.82 Å². The van der Waals surface area contributed by atoms with E-state index in [2.05, 4.69) is 10.2 Å². The standard InChI is InChI=1S/C28H26FN3O4/c1-35-19-7-9-20(10-8-19)36-21-12-14-32(15-13-21)28(34)24-16-18(6-11-25(24)29)17-26-22-4-2-3-5-23(22)27(33)31-30-26/h2-11,16,21H,12-15,17H2,1H3,(H,31,33). The van der Waals surface area contributed by atoms with E-state index in [1.165, 1.54) is 6.07 Å². The first-order chi connectivity index (χ1) is 17.5. The van der Waals surface area contributed by atoms with E-state index in [9.17, 15) is 14.0 Å². The number of H-pyrrole nitrogens is 1. The number of likely N-dealkylation sites (tertiary alicyclic amines) is 1. The van der Waals surface area contributed by atoms with E-state index < -0.39 is 5.82 Å². The number of rotatable bonds is 6. The lowest BCUT2D eigenvalue weighted by molar-refractivity contribution is 0.0591. The maximum absolute atomic E-state index is 14.7. The van der Waals surface area contributed by atoms with Gasteiger partial charge in [-0.05, 0) is 48.0 Å². The van der Waals surface area contributed by atoms with Gasteiger partial charge in [0, 0.05) is 37.7 Å². The van der Waals surface area contributed by atoms with Crippen LogP contribution < -0.4 is 15.0 Å². The summed E-state index contributed by atoms with van der Waals surface area (Å²) in [5.74, 6) is 0.621. The zero-order valence-electron chi connectivity index (χ0n) is 19.9. The molecule has 1 saturated heterocycles. The minimum absolute atomic E-state index is 0.0155. The summed E-state index contributed by atoms with van der Waals surface area (Å²) in [6.45, 7) is 0.963. The Hall–Kier alpha value is -4.20. The van der Waals surface area contributed by atoms with Crippen molar-refractivity contribution >= 4 is 16.7 Å². The molecule has 3 aromatic carbocycles. The molecule has 1 aromatic heterocycles. The number of carbonyl (C=O) groups excluding carboxylic acids is 1. The van der Waals surface area contributed by atoms with Crippen LogP contribution in [0.3, 0.4) is 0 Å². The Bertz CT molecular complexity index is 1440. The lowest BCUT2D eigenvalue weighted by atomic mass is 10.0. The average Bonchev–Trinajstić information content (AvgIpc) is 2.92. The largest absolute Gasteiger partial charge is 0.497 e. The highest BCUT2D eigenvalue weighted by molar-refractivity contribution is 5.95. The summed E-state index contributed by atoms with van der Waals surface area (Å²) in [4.78, 5) is 26.9. The van der Waals surface area contributed by atoms with Crippen molar-refractivity contribution in [3.05, 3.63) is 99.7 Å². The molecule has 1 N–H and O–H groups in total. The lowest BCUT2D eigenvalue weighted by Gasteiger charge is -2.32. The first kappa shape index (κ1) is 23.5. The Labute approximate surface area is 207 Å². The second-order valence-corrected chi connectivity index (χ2v) is 8.82. The van der Waals surface area contributed by atoms with E-state index in [0.29, 0.717) is 43.4 Å². The van der Waals surface area contributed by atoms with Gasteiger partial charge >= 0.3 is 0 Å². The van der Waals surface area contributed by atoms with Gasteiger partial charge in [0.2, 0.25) is 0 Å². The number of benzene rings is 3. The maximum Gasteiger partial charge on any atom is 0.272 e. The van der Waals surface area contributed by atoms with Crippen molar-refractivity contribution in [2.75, 3.05) is 20.2 Å². The minimum atomic E-state index is -0.556. The molecule has 0 radical (unpaired) electrons. The Morgan fingerprint density at radius 1 is 1.03 bits per heavy atom. The van der Waals surface area contributed by atoms with Crippen LogP contribution in [0.1, 0.15) is 34.5 Å². The van der Waals surface area contributed by atoms with E-state index >= 15 is 0 Å². The van der Waals surface area contributed by atoms with Crippen LogP contribution in [0.2, 0.25) is 0 Å². The zero-order chi connectivity index (χ0) is 25.1. The summed E-state index contributed by atoms with van der Waals surface area (Å²) >= 11 is 0. The third-order valence-corrected chi connectivity index (χ3v) is 6.50. The molecule has 1 amide bonds. The first-order valence-electron chi connectivity index (χ1n) is 11.9. The van der Waals surface area contributed by atoms with E-state index in [0.717, 1.165) is 22.4 Å². The van der Waals surface area contributed by atoms with Crippen molar-refractivity contribution in [2.45, 2.75) is 25.4 Å². The number of amides is 1. The normalized spacial score (nSPS) is 14.1. The first-order valence-corrected chi connectivity index (χ1v) is 11.9. The van der Waals surface area contributed by atoms with E-state index in [4.69, 9.17) is 9.47 Å². The highest BCUT2D eigenvalue weighted by Crippen LogP contribution is 2.24. The van der Waals surface area contributed by atoms with Gasteiger partial charge in [-0.1, -0.05) is 24.3 Å². The van der Waals surface area contributed by atoms with Gasteiger partial charge in [0.15, 0.2) is 0 Å². The fourth-order valence-corrected chi connectivity index (χ4v) is 4.54. The summed E-state index contributed by atoms with van der Waals surface area (Å²) in [5.41, 5.74) is 1.17. The Balaban J connectivity index is 1.27. The van der Waals surface area contributed by atoms with Crippen molar-refractivity contribution in [3.8, 4) is 11.5 Å². The SMILES string of the molecule is COc1ccc(OC2CCN(C(=O)c3cc(Cc4n[nH]c(=O)c5ccccc45)ccc3F)CC2)cc1. The van der Waals surface area contributed by atoms with Crippen LogP contribution in [0.25, 0.3) is 10.8 Å². The molecule has 0 bridgehead atoms. The molecule has 0 unspecified atom stereocenters. The predicted octanol–water partition coefficient (Wildman–Crippen LogP) is 4.35. The zero-order valence-corrected chi connectivity index (χ0v) is 19.9. The average molecular weight is 488 g/mol. The Morgan fingerprint density at radius 2 is 1.72 bits per heavy atom. The van der Waals surface area contributed by atoms with Crippen LogP contribution in [0.5, 0.6) is 11.5 Å². The molecule has 36 heavy (non-hydrogen) atoms.